The number of nitrogen functional groups attached to an aromatic ring is 1. The van der Waals surface area contributed by atoms with Gasteiger partial charge in [-0.15, -0.1) is 0 Å². The Bertz CT molecular complexity index is 580. The van der Waals surface area contributed by atoms with E-state index < -0.39 is 0 Å². The summed E-state index contributed by atoms with van der Waals surface area (Å²) < 4.78 is 2.12. The third-order valence-corrected chi connectivity index (χ3v) is 4.71. The van der Waals surface area contributed by atoms with E-state index in [1.165, 1.54) is 43.5 Å². The minimum Gasteiger partial charge on any atom is -0.384 e. The van der Waals surface area contributed by atoms with Crippen molar-refractivity contribution in [2.75, 3.05) is 5.73 Å². The maximum atomic E-state index is 6.27. The molecule has 1 fully saturated rings. The minimum atomic E-state index is 0.608. The van der Waals surface area contributed by atoms with E-state index in [2.05, 4.69) is 41.9 Å². The second-order valence-electron chi connectivity index (χ2n) is 6.18. The van der Waals surface area contributed by atoms with E-state index in [1.54, 1.807) is 0 Å². The Morgan fingerprint density at radius 1 is 1.10 bits per heavy atom. The zero-order chi connectivity index (χ0) is 14.7. The quantitative estimate of drug-likeness (QED) is 0.926. The predicted molar refractivity (Wildman–Crippen MR) is 87.3 cm³/mol. The van der Waals surface area contributed by atoms with Crippen molar-refractivity contribution in [2.45, 2.75) is 50.9 Å². The molecule has 0 atom stereocenters. The molecule has 3 heteroatoms. The van der Waals surface area contributed by atoms with Crippen molar-refractivity contribution in [1.29, 1.82) is 0 Å². The maximum absolute atomic E-state index is 6.27. The first kappa shape index (κ1) is 14.2. The number of rotatable bonds is 4. The number of nitrogens with zero attached hydrogens (tertiary/aromatic N) is 2. The molecule has 21 heavy (non-hydrogen) atoms. The van der Waals surface area contributed by atoms with Crippen molar-refractivity contribution >= 4 is 5.82 Å². The first-order valence-electron chi connectivity index (χ1n) is 8.10. The van der Waals surface area contributed by atoms with E-state index in [4.69, 9.17) is 10.7 Å². The van der Waals surface area contributed by atoms with Crippen molar-refractivity contribution in [3.63, 3.8) is 0 Å². The third-order valence-electron chi connectivity index (χ3n) is 4.71. The number of hydrogen-bond acceptors (Lipinski definition) is 2. The van der Waals surface area contributed by atoms with Gasteiger partial charge < -0.3 is 10.3 Å². The second kappa shape index (κ2) is 6.33. The highest BCUT2D eigenvalue weighted by atomic mass is 15.1. The Hall–Kier alpha value is -1.77. The zero-order valence-corrected chi connectivity index (χ0v) is 12.9. The van der Waals surface area contributed by atoms with E-state index in [0.717, 1.165) is 24.4 Å². The van der Waals surface area contributed by atoms with Gasteiger partial charge >= 0.3 is 0 Å². The molecular weight excluding hydrogens is 258 g/mol. The van der Waals surface area contributed by atoms with Crippen LogP contribution in [0.15, 0.2) is 30.3 Å². The lowest BCUT2D eigenvalue weighted by Crippen LogP contribution is -2.11. The van der Waals surface area contributed by atoms with Crippen LogP contribution >= 0.6 is 0 Å². The van der Waals surface area contributed by atoms with Gasteiger partial charge in [0.2, 0.25) is 0 Å². The molecule has 2 aromatic rings. The highest BCUT2D eigenvalue weighted by Crippen LogP contribution is 2.33. The smallest absolute Gasteiger partial charge is 0.126 e. The Balaban J connectivity index is 1.73. The van der Waals surface area contributed by atoms with Crippen molar-refractivity contribution < 1.29 is 0 Å². The van der Waals surface area contributed by atoms with Gasteiger partial charge in [-0.1, -0.05) is 49.6 Å². The van der Waals surface area contributed by atoms with E-state index in [1.807, 2.05) is 0 Å². The lowest BCUT2D eigenvalue weighted by Gasteiger charge is -2.21. The number of benzene rings is 1. The predicted octanol–water partition coefficient (Wildman–Crippen LogP) is 3.84. The third kappa shape index (κ3) is 3.12. The molecule has 1 saturated carbocycles. The molecule has 112 valence electrons. The molecular formula is C18H25N3. The molecule has 1 aromatic carbocycles. The van der Waals surface area contributed by atoms with E-state index in [-0.39, 0.29) is 0 Å². The lowest BCUT2D eigenvalue weighted by atomic mass is 9.89. The van der Waals surface area contributed by atoms with Gasteiger partial charge in [-0.05, 0) is 31.2 Å². The number of nitrogens with two attached hydrogens (primary N) is 1. The highest BCUT2D eigenvalue weighted by molar-refractivity contribution is 5.39. The summed E-state index contributed by atoms with van der Waals surface area (Å²) in [5.41, 5.74) is 8.69. The Morgan fingerprint density at radius 2 is 1.81 bits per heavy atom. The summed E-state index contributed by atoms with van der Waals surface area (Å²) in [6.07, 6.45) is 8.50. The van der Waals surface area contributed by atoms with Gasteiger partial charge in [-0.25, -0.2) is 4.98 Å². The lowest BCUT2D eigenvalue weighted by molar-refractivity contribution is 0.421. The van der Waals surface area contributed by atoms with Crippen LogP contribution in [0.25, 0.3) is 0 Å². The van der Waals surface area contributed by atoms with E-state index >= 15 is 0 Å². The Morgan fingerprint density at radius 3 is 2.52 bits per heavy atom. The molecule has 1 aliphatic rings. The number of aryl methyl sites for hydroxylation is 2. The maximum Gasteiger partial charge on any atom is 0.126 e. The van der Waals surface area contributed by atoms with Crippen LogP contribution in [0, 0.1) is 0 Å². The molecule has 3 nitrogen and oxygen atoms in total. The average Bonchev–Trinajstić information content (AvgIpc) is 2.83. The number of hydrogen-bond donors (Lipinski definition) is 1. The normalized spacial score (nSPS) is 16.2. The molecule has 0 radical (unpaired) electrons. The van der Waals surface area contributed by atoms with Crippen LogP contribution in [-0.2, 0) is 19.9 Å². The summed E-state index contributed by atoms with van der Waals surface area (Å²) in [4.78, 5) is 4.89. The molecule has 0 unspecified atom stereocenters. The molecule has 0 aliphatic heterocycles. The summed E-state index contributed by atoms with van der Waals surface area (Å²) >= 11 is 0. The SMILES string of the molecule is Cn1c(C2CCCCC2)nc(CCc2ccccc2)c1N. The topological polar surface area (TPSA) is 43.8 Å². The number of imidazole rings is 1. The van der Waals surface area contributed by atoms with Gasteiger partial charge in [0.05, 0.1) is 5.69 Å². The summed E-state index contributed by atoms with van der Waals surface area (Å²) in [5.74, 6) is 2.67. The molecule has 2 N–H and O–H groups in total. The zero-order valence-electron chi connectivity index (χ0n) is 12.9. The standard InChI is InChI=1S/C18H25N3/c1-21-17(19)16(13-12-14-8-4-2-5-9-14)20-18(21)15-10-6-3-7-11-15/h2,4-5,8-9,15H,3,6-7,10-13,19H2,1H3. The fourth-order valence-corrected chi connectivity index (χ4v) is 3.40. The molecule has 3 rings (SSSR count). The molecule has 1 aromatic heterocycles. The monoisotopic (exact) mass is 283 g/mol. The molecule has 0 amide bonds. The van der Waals surface area contributed by atoms with Gasteiger partial charge in [-0.2, -0.15) is 0 Å². The van der Waals surface area contributed by atoms with Crippen LogP contribution in [0.4, 0.5) is 5.82 Å². The Labute approximate surface area is 127 Å². The summed E-state index contributed by atoms with van der Waals surface area (Å²) in [6, 6.07) is 10.6. The van der Waals surface area contributed by atoms with Crippen molar-refractivity contribution in [1.82, 2.24) is 9.55 Å². The van der Waals surface area contributed by atoms with Gasteiger partial charge in [0.25, 0.3) is 0 Å². The molecule has 1 heterocycles. The van der Waals surface area contributed by atoms with Crippen LogP contribution in [0.1, 0.15) is 55.1 Å². The van der Waals surface area contributed by atoms with Gasteiger partial charge in [-0.3, -0.25) is 0 Å². The van der Waals surface area contributed by atoms with Crippen molar-refractivity contribution in [2.24, 2.45) is 7.05 Å². The summed E-state index contributed by atoms with van der Waals surface area (Å²) in [7, 11) is 2.07. The van der Waals surface area contributed by atoms with Crippen LogP contribution in [-0.4, -0.2) is 9.55 Å². The largest absolute Gasteiger partial charge is 0.384 e. The first-order valence-corrected chi connectivity index (χ1v) is 8.10. The molecule has 0 spiro atoms. The van der Waals surface area contributed by atoms with Gasteiger partial charge in [0, 0.05) is 13.0 Å². The van der Waals surface area contributed by atoms with Crippen molar-refractivity contribution in [3.8, 4) is 0 Å². The fourth-order valence-electron chi connectivity index (χ4n) is 3.40. The van der Waals surface area contributed by atoms with Crippen LogP contribution in [0.5, 0.6) is 0 Å². The highest BCUT2D eigenvalue weighted by Gasteiger charge is 2.22. The molecule has 0 bridgehead atoms. The van der Waals surface area contributed by atoms with Crippen LogP contribution in [0.3, 0.4) is 0 Å². The Kier molecular flexibility index (Phi) is 4.28. The number of anilines is 1. The number of aromatic nitrogens is 2. The van der Waals surface area contributed by atoms with E-state index in [0.29, 0.717) is 5.92 Å². The van der Waals surface area contributed by atoms with Crippen LogP contribution < -0.4 is 5.73 Å². The second-order valence-corrected chi connectivity index (χ2v) is 6.18. The van der Waals surface area contributed by atoms with E-state index in [9.17, 15) is 0 Å². The summed E-state index contributed by atoms with van der Waals surface area (Å²) in [6.45, 7) is 0. The first-order chi connectivity index (χ1) is 10.3. The minimum absolute atomic E-state index is 0.608. The average molecular weight is 283 g/mol. The van der Waals surface area contributed by atoms with Gasteiger partial charge in [0.15, 0.2) is 0 Å². The fraction of sp³-hybridized carbons (Fsp3) is 0.500. The molecule has 1 aliphatic carbocycles. The van der Waals surface area contributed by atoms with Crippen LogP contribution in [0.2, 0.25) is 0 Å². The molecule has 0 saturated heterocycles. The van der Waals surface area contributed by atoms with Gasteiger partial charge in [0.1, 0.15) is 11.6 Å². The van der Waals surface area contributed by atoms with Crippen molar-refractivity contribution in [3.05, 3.63) is 47.4 Å². The summed E-state index contributed by atoms with van der Waals surface area (Å²) in [5, 5.41) is 0.